The van der Waals surface area contributed by atoms with Crippen LogP contribution in [0, 0.1) is 6.92 Å². The van der Waals surface area contributed by atoms with Gasteiger partial charge in [-0.25, -0.2) is 0 Å². The lowest BCUT2D eigenvalue weighted by atomic mass is 9.96. The van der Waals surface area contributed by atoms with Gasteiger partial charge in [-0.05, 0) is 41.3 Å². The maximum atomic E-state index is 12.1. The van der Waals surface area contributed by atoms with Crippen molar-refractivity contribution in [2.45, 2.75) is 19.8 Å². The maximum absolute atomic E-state index is 12.1. The fraction of sp³-hybridized carbons (Fsp3) is 0.200. The Bertz CT molecular complexity index is 597. The molecule has 0 aliphatic rings. The molecule has 6 heteroatoms. The van der Waals surface area contributed by atoms with Crippen LogP contribution in [0.2, 0.25) is 0 Å². The molecular formula is C15H15ClF3NO. The van der Waals surface area contributed by atoms with Gasteiger partial charge in [0.05, 0.1) is 0 Å². The van der Waals surface area contributed by atoms with Crippen LogP contribution in [0.25, 0.3) is 11.1 Å². The minimum Gasteiger partial charge on any atom is -0.406 e. The van der Waals surface area contributed by atoms with Gasteiger partial charge in [0.1, 0.15) is 5.75 Å². The van der Waals surface area contributed by atoms with Gasteiger partial charge < -0.3 is 10.5 Å². The van der Waals surface area contributed by atoms with E-state index < -0.39 is 6.36 Å². The zero-order valence-electron chi connectivity index (χ0n) is 11.3. The number of hydrogen-bond acceptors (Lipinski definition) is 2. The van der Waals surface area contributed by atoms with E-state index in [0.717, 1.165) is 22.3 Å². The first-order valence-corrected chi connectivity index (χ1v) is 6.05. The Balaban J connectivity index is 0.00000220. The number of hydrogen-bond donors (Lipinski definition) is 1. The molecule has 0 fully saturated rings. The third kappa shape index (κ3) is 4.37. The SMILES string of the molecule is Cc1c(CN)cccc1-c1ccc(OC(F)(F)F)cc1.Cl. The van der Waals surface area contributed by atoms with E-state index in [2.05, 4.69) is 4.74 Å². The fourth-order valence-electron chi connectivity index (χ4n) is 2.05. The molecule has 0 aromatic heterocycles. The van der Waals surface area contributed by atoms with Crippen LogP contribution in [0.4, 0.5) is 13.2 Å². The minimum absolute atomic E-state index is 0. The summed E-state index contributed by atoms with van der Waals surface area (Å²) in [6.07, 6.45) is -4.67. The summed E-state index contributed by atoms with van der Waals surface area (Å²) in [4.78, 5) is 0. The van der Waals surface area contributed by atoms with Gasteiger partial charge in [-0.3, -0.25) is 0 Å². The summed E-state index contributed by atoms with van der Waals surface area (Å²) in [6.45, 7) is 2.37. The van der Waals surface area contributed by atoms with Crippen molar-refractivity contribution in [2.24, 2.45) is 5.73 Å². The fourth-order valence-corrected chi connectivity index (χ4v) is 2.05. The monoisotopic (exact) mass is 317 g/mol. The van der Waals surface area contributed by atoms with E-state index in [4.69, 9.17) is 5.73 Å². The Morgan fingerprint density at radius 1 is 1.05 bits per heavy atom. The van der Waals surface area contributed by atoms with Gasteiger partial charge in [-0.2, -0.15) is 0 Å². The first-order chi connectivity index (χ1) is 9.40. The average molecular weight is 318 g/mol. The minimum atomic E-state index is -4.67. The number of benzene rings is 2. The van der Waals surface area contributed by atoms with E-state index in [1.165, 1.54) is 12.1 Å². The van der Waals surface area contributed by atoms with Gasteiger partial charge in [0.2, 0.25) is 0 Å². The smallest absolute Gasteiger partial charge is 0.406 e. The molecule has 0 bridgehead atoms. The second-order valence-electron chi connectivity index (χ2n) is 4.37. The van der Waals surface area contributed by atoms with Crippen molar-refractivity contribution in [1.29, 1.82) is 0 Å². The molecule has 2 N–H and O–H groups in total. The molecule has 2 aromatic carbocycles. The van der Waals surface area contributed by atoms with E-state index in [1.54, 1.807) is 12.1 Å². The Morgan fingerprint density at radius 3 is 2.19 bits per heavy atom. The molecule has 0 spiro atoms. The Labute approximate surface area is 127 Å². The van der Waals surface area contributed by atoms with E-state index in [-0.39, 0.29) is 18.2 Å². The van der Waals surface area contributed by atoms with Crippen LogP contribution in [0.1, 0.15) is 11.1 Å². The summed E-state index contributed by atoms with van der Waals surface area (Å²) >= 11 is 0. The second-order valence-corrected chi connectivity index (χ2v) is 4.37. The van der Waals surface area contributed by atoms with Crippen molar-refractivity contribution in [3.8, 4) is 16.9 Å². The molecule has 0 unspecified atom stereocenters. The zero-order chi connectivity index (χ0) is 14.8. The summed E-state index contributed by atoms with van der Waals surface area (Å²) < 4.78 is 40.1. The van der Waals surface area contributed by atoms with Gasteiger partial charge in [0.25, 0.3) is 0 Å². The number of ether oxygens (including phenoxy) is 1. The summed E-state index contributed by atoms with van der Waals surface area (Å²) in [5, 5.41) is 0. The predicted octanol–water partition coefficient (Wildman–Crippen LogP) is 4.44. The first-order valence-electron chi connectivity index (χ1n) is 6.05. The van der Waals surface area contributed by atoms with Crippen LogP contribution in [0.15, 0.2) is 42.5 Å². The molecule has 0 saturated heterocycles. The molecule has 2 rings (SSSR count). The molecule has 0 heterocycles. The van der Waals surface area contributed by atoms with Crippen LogP contribution >= 0.6 is 12.4 Å². The molecule has 0 amide bonds. The Hall–Kier alpha value is -1.72. The number of halogens is 4. The van der Waals surface area contributed by atoms with Gasteiger partial charge in [-0.1, -0.05) is 30.3 Å². The van der Waals surface area contributed by atoms with E-state index in [9.17, 15) is 13.2 Å². The molecule has 2 aromatic rings. The first kappa shape index (κ1) is 17.3. The maximum Gasteiger partial charge on any atom is 0.573 e. The van der Waals surface area contributed by atoms with Crippen LogP contribution in [-0.4, -0.2) is 6.36 Å². The van der Waals surface area contributed by atoms with Crippen LogP contribution < -0.4 is 10.5 Å². The zero-order valence-corrected chi connectivity index (χ0v) is 12.1. The highest BCUT2D eigenvalue weighted by Gasteiger charge is 2.30. The normalized spacial score (nSPS) is 10.9. The van der Waals surface area contributed by atoms with Crippen LogP contribution in [0.5, 0.6) is 5.75 Å². The molecule has 0 radical (unpaired) electrons. The van der Waals surface area contributed by atoms with Crippen LogP contribution in [0.3, 0.4) is 0 Å². The lowest BCUT2D eigenvalue weighted by molar-refractivity contribution is -0.274. The van der Waals surface area contributed by atoms with E-state index >= 15 is 0 Å². The summed E-state index contributed by atoms with van der Waals surface area (Å²) in [7, 11) is 0. The average Bonchev–Trinajstić information content (AvgIpc) is 2.38. The van der Waals surface area contributed by atoms with E-state index in [0.29, 0.717) is 6.54 Å². The van der Waals surface area contributed by atoms with Gasteiger partial charge in [0, 0.05) is 6.54 Å². The third-order valence-corrected chi connectivity index (χ3v) is 3.06. The number of alkyl halides is 3. The topological polar surface area (TPSA) is 35.2 Å². The lowest BCUT2D eigenvalue weighted by Crippen LogP contribution is -2.16. The molecule has 21 heavy (non-hydrogen) atoms. The predicted molar refractivity (Wildman–Crippen MR) is 78.4 cm³/mol. The Morgan fingerprint density at radius 2 is 1.67 bits per heavy atom. The highest BCUT2D eigenvalue weighted by atomic mass is 35.5. The van der Waals surface area contributed by atoms with E-state index in [1.807, 2.05) is 25.1 Å². The van der Waals surface area contributed by atoms with Gasteiger partial charge >= 0.3 is 6.36 Å². The highest BCUT2D eigenvalue weighted by molar-refractivity contribution is 5.85. The number of rotatable bonds is 3. The van der Waals surface area contributed by atoms with Crippen molar-refractivity contribution in [3.63, 3.8) is 0 Å². The van der Waals surface area contributed by atoms with Gasteiger partial charge in [-0.15, -0.1) is 25.6 Å². The molecule has 0 atom stereocenters. The van der Waals surface area contributed by atoms with Crippen molar-refractivity contribution in [1.82, 2.24) is 0 Å². The second kappa shape index (κ2) is 6.83. The third-order valence-electron chi connectivity index (χ3n) is 3.06. The Kier molecular flexibility index (Phi) is 5.63. The highest BCUT2D eigenvalue weighted by Crippen LogP contribution is 2.29. The molecule has 2 nitrogen and oxygen atoms in total. The summed E-state index contributed by atoms with van der Waals surface area (Å²) in [5.74, 6) is -0.228. The van der Waals surface area contributed by atoms with Gasteiger partial charge in [0.15, 0.2) is 0 Å². The summed E-state index contributed by atoms with van der Waals surface area (Å²) in [5.41, 5.74) is 9.46. The van der Waals surface area contributed by atoms with Crippen molar-refractivity contribution in [3.05, 3.63) is 53.6 Å². The number of nitrogens with two attached hydrogens (primary N) is 1. The van der Waals surface area contributed by atoms with Crippen molar-refractivity contribution in [2.75, 3.05) is 0 Å². The van der Waals surface area contributed by atoms with Crippen molar-refractivity contribution < 1.29 is 17.9 Å². The molecule has 0 aliphatic heterocycles. The lowest BCUT2D eigenvalue weighted by Gasteiger charge is -2.12. The summed E-state index contributed by atoms with van der Waals surface area (Å²) in [6, 6.07) is 11.5. The molecule has 0 aliphatic carbocycles. The molecular weight excluding hydrogens is 303 g/mol. The van der Waals surface area contributed by atoms with Crippen molar-refractivity contribution >= 4 is 12.4 Å². The largest absolute Gasteiger partial charge is 0.573 e. The standard InChI is InChI=1S/C15H14F3NO.ClH/c1-10-12(9-19)3-2-4-14(10)11-5-7-13(8-6-11)20-15(16,17)18;/h2-8H,9,19H2,1H3;1H. The quantitative estimate of drug-likeness (QED) is 0.908. The molecule has 0 saturated carbocycles. The van der Waals surface area contributed by atoms with Crippen LogP contribution in [-0.2, 0) is 6.54 Å². The molecule has 114 valence electrons.